The fraction of sp³-hybridized carbons (Fsp3) is 0.129. The van der Waals surface area contributed by atoms with E-state index in [1.807, 2.05) is 25.1 Å². The zero-order valence-corrected chi connectivity index (χ0v) is 19.6. The van der Waals surface area contributed by atoms with Gasteiger partial charge in [0.05, 0.1) is 0 Å². The minimum Gasteiger partial charge on any atom is -0.455 e. The monoisotopic (exact) mass is 447 g/mol. The van der Waals surface area contributed by atoms with E-state index in [2.05, 4.69) is 103 Å². The number of carbonyl (C=O) groups is 1. The molecule has 0 heterocycles. The molecule has 34 heavy (non-hydrogen) atoms. The van der Waals surface area contributed by atoms with Gasteiger partial charge in [0.15, 0.2) is 0 Å². The first-order chi connectivity index (χ1) is 16.6. The molecule has 3 heteroatoms. The number of anilines is 3. The van der Waals surface area contributed by atoms with Crippen LogP contribution in [0.3, 0.4) is 0 Å². The lowest BCUT2D eigenvalue weighted by molar-refractivity contribution is -0.142. The highest BCUT2D eigenvalue weighted by Crippen LogP contribution is 2.36. The van der Waals surface area contributed by atoms with Crippen LogP contribution in [0.15, 0.2) is 116 Å². The molecule has 0 spiro atoms. The number of benzene rings is 4. The van der Waals surface area contributed by atoms with E-state index >= 15 is 0 Å². The van der Waals surface area contributed by atoms with Crippen LogP contribution >= 0.6 is 0 Å². The van der Waals surface area contributed by atoms with E-state index in [0.717, 1.165) is 29.0 Å². The quantitative estimate of drug-likeness (QED) is 0.201. The molecule has 0 saturated heterocycles. The van der Waals surface area contributed by atoms with Crippen LogP contribution in [-0.2, 0) is 16.0 Å². The summed E-state index contributed by atoms with van der Waals surface area (Å²) < 4.78 is 5.37. The minimum atomic E-state index is -0.423. The lowest BCUT2D eigenvalue weighted by Gasteiger charge is -2.26. The topological polar surface area (TPSA) is 29.5 Å². The number of ether oxygens (including phenoxy) is 1. The largest absolute Gasteiger partial charge is 0.455 e. The van der Waals surface area contributed by atoms with Gasteiger partial charge in [-0.05, 0) is 72.0 Å². The molecule has 0 aliphatic carbocycles. The van der Waals surface area contributed by atoms with Crippen molar-refractivity contribution in [2.45, 2.75) is 26.4 Å². The minimum absolute atomic E-state index is 0.345. The van der Waals surface area contributed by atoms with Crippen molar-refractivity contribution in [1.29, 1.82) is 0 Å². The number of esters is 1. The average molecular weight is 448 g/mol. The van der Waals surface area contributed by atoms with E-state index in [4.69, 9.17) is 4.74 Å². The molecule has 4 rings (SSSR count). The van der Waals surface area contributed by atoms with Gasteiger partial charge in [-0.25, -0.2) is 4.79 Å². The van der Waals surface area contributed by atoms with Crippen molar-refractivity contribution in [1.82, 2.24) is 0 Å². The van der Waals surface area contributed by atoms with E-state index in [-0.39, 0.29) is 6.10 Å². The van der Waals surface area contributed by atoms with Gasteiger partial charge < -0.3 is 9.64 Å². The Labute approximate surface area is 202 Å². The van der Waals surface area contributed by atoms with Gasteiger partial charge in [0.1, 0.15) is 6.10 Å². The number of carbonyl (C=O) groups excluding carboxylic acids is 1. The third-order valence-electron chi connectivity index (χ3n) is 5.92. The average Bonchev–Trinajstić information content (AvgIpc) is 2.90. The first kappa shape index (κ1) is 23.1. The van der Waals surface area contributed by atoms with Crippen LogP contribution in [0.2, 0.25) is 0 Å². The van der Waals surface area contributed by atoms with Crippen LogP contribution in [0.25, 0.3) is 11.1 Å². The predicted molar refractivity (Wildman–Crippen MR) is 141 cm³/mol. The molecule has 0 saturated carbocycles. The summed E-state index contributed by atoms with van der Waals surface area (Å²) in [6, 6.07) is 35.8. The van der Waals surface area contributed by atoms with Crippen molar-refractivity contribution in [3.05, 3.63) is 127 Å². The maximum absolute atomic E-state index is 11.6. The zero-order chi connectivity index (χ0) is 23.9. The van der Waals surface area contributed by atoms with Crippen LogP contribution < -0.4 is 4.90 Å². The molecule has 0 aromatic heterocycles. The third kappa shape index (κ3) is 5.26. The second-order valence-corrected chi connectivity index (χ2v) is 8.14. The highest BCUT2D eigenvalue weighted by Gasteiger charge is 2.15. The molecular weight excluding hydrogens is 418 g/mol. The number of nitrogens with zero attached hydrogens (tertiary/aromatic N) is 1. The van der Waals surface area contributed by atoms with Gasteiger partial charge in [0.25, 0.3) is 0 Å². The Morgan fingerprint density at radius 2 is 1.29 bits per heavy atom. The Bertz CT molecular complexity index is 1230. The Hall–Kier alpha value is -4.11. The highest BCUT2D eigenvalue weighted by atomic mass is 16.5. The SMILES string of the molecule is C=CC(=O)OC(C)c1ccc(N(c2ccc(CC)cc2)c2ccc(-c3ccccc3)cc2)cc1. The normalized spacial score (nSPS) is 11.5. The van der Waals surface area contributed by atoms with Crippen molar-refractivity contribution in [3.63, 3.8) is 0 Å². The summed E-state index contributed by atoms with van der Waals surface area (Å²) in [5, 5.41) is 0. The Balaban J connectivity index is 1.68. The molecule has 1 unspecified atom stereocenters. The second-order valence-electron chi connectivity index (χ2n) is 8.14. The summed E-state index contributed by atoms with van der Waals surface area (Å²) in [5.74, 6) is -0.423. The van der Waals surface area contributed by atoms with Crippen molar-refractivity contribution >= 4 is 23.0 Å². The van der Waals surface area contributed by atoms with Crippen LogP contribution in [0, 0.1) is 0 Å². The highest BCUT2D eigenvalue weighted by molar-refractivity contribution is 5.81. The van der Waals surface area contributed by atoms with Crippen molar-refractivity contribution < 1.29 is 9.53 Å². The van der Waals surface area contributed by atoms with E-state index in [0.29, 0.717) is 0 Å². The van der Waals surface area contributed by atoms with Gasteiger partial charge in [-0.1, -0.05) is 80.2 Å². The van der Waals surface area contributed by atoms with Crippen LogP contribution in [0.4, 0.5) is 17.1 Å². The zero-order valence-electron chi connectivity index (χ0n) is 19.6. The van der Waals surface area contributed by atoms with E-state index in [1.54, 1.807) is 0 Å². The van der Waals surface area contributed by atoms with Gasteiger partial charge in [-0.15, -0.1) is 0 Å². The van der Waals surface area contributed by atoms with Crippen LogP contribution in [0.1, 0.15) is 31.1 Å². The fourth-order valence-corrected chi connectivity index (χ4v) is 3.95. The number of hydrogen-bond donors (Lipinski definition) is 0. The maximum atomic E-state index is 11.6. The number of hydrogen-bond acceptors (Lipinski definition) is 3. The Morgan fingerprint density at radius 3 is 1.82 bits per heavy atom. The Morgan fingerprint density at radius 1 is 0.794 bits per heavy atom. The van der Waals surface area contributed by atoms with Crippen LogP contribution in [0.5, 0.6) is 0 Å². The molecule has 0 aliphatic rings. The lowest BCUT2D eigenvalue weighted by atomic mass is 10.0. The molecule has 0 aliphatic heterocycles. The van der Waals surface area contributed by atoms with Gasteiger partial charge in [-0.2, -0.15) is 0 Å². The summed E-state index contributed by atoms with van der Waals surface area (Å²) in [7, 11) is 0. The summed E-state index contributed by atoms with van der Waals surface area (Å²) in [5.41, 5.74) is 7.80. The van der Waals surface area contributed by atoms with Crippen molar-refractivity contribution in [3.8, 4) is 11.1 Å². The summed E-state index contributed by atoms with van der Waals surface area (Å²) in [4.78, 5) is 13.8. The van der Waals surface area contributed by atoms with E-state index < -0.39 is 5.97 Å². The van der Waals surface area contributed by atoms with Gasteiger partial charge >= 0.3 is 5.97 Å². The number of rotatable bonds is 8. The molecule has 0 N–H and O–H groups in total. The molecule has 0 fully saturated rings. The van der Waals surface area contributed by atoms with Crippen molar-refractivity contribution in [2.75, 3.05) is 4.90 Å². The first-order valence-corrected chi connectivity index (χ1v) is 11.6. The molecule has 3 nitrogen and oxygen atoms in total. The smallest absolute Gasteiger partial charge is 0.330 e. The first-order valence-electron chi connectivity index (χ1n) is 11.6. The molecule has 170 valence electrons. The second kappa shape index (κ2) is 10.7. The summed E-state index contributed by atoms with van der Waals surface area (Å²) >= 11 is 0. The van der Waals surface area contributed by atoms with Gasteiger partial charge in [0.2, 0.25) is 0 Å². The van der Waals surface area contributed by atoms with Gasteiger partial charge in [-0.3, -0.25) is 0 Å². The third-order valence-corrected chi connectivity index (χ3v) is 5.92. The van der Waals surface area contributed by atoms with E-state index in [9.17, 15) is 4.79 Å². The van der Waals surface area contributed by atoms with Crippen LogP contribution in [-0.4, -0.2) is 5.97 Å². The Kier molecular flexibility index (Phi) is 7.24. The lowest BCUT2D eigenvalue weighted by Crippen LogP contribution is -2.11. The summed E-state index contributed by atoms with van der Waals surface area (Å²) in [6.07, 6.45) is 1.84. The fourth-order valence-electron chi connectivity index (χ4n) is 3.95. The molecular formula is C31H29NO2. The molecule has 0 bridgehead atoms. The standard InChI is InChI=1S/C31H29NO2/c1-4-24-11-17-28(18-12-24)32(29-19-13-25(14-20-29)23(3)34-31(33)5-2)30-21-15-27(16-22-30)26-9-7-6-8-10-26/h5-23H,2,4H2,1,3H3. The van der Waals surface area contributed by atoms with E-state index in [1.165, 1.54) is 22.8 Å². The van der Waals surface area contributed by atoms with Crippen molar-refractivity contribution in [2.24, 2.45) is 0 Å². The molecule has 1 atom stereocenters. The predicted octanol–water partition coefficient (Wildman–Crippen LogP) is 8.18. The molecule has 0 radical (unpaired) electrons. The molecule has 4 aromatic rings. The summed E-state index contributed by atoms with van der Waals surface area (Å²) in [6.45, 7) is 7.49. The van der Waals surface area contributed by atoms with Gasteiger partial charge in [0, 0.05) is 23.1 Å². The number of aryl methyl sites for hydroxylation is 1. The molecule has 4 aromatic carbocycles. The maximum Gasteiger partial charge on any atom is 0.330 e. The molecule has 0 amide bonds.